The molecule has 0 bridgehead atoms. The van der Waals surface area contributed by atoms with Crippen molar-refractivity contribution < 1.29 is 23.7 Å². The molecule has 1 aliphatic heterocycles. The van der Waals surface area contributed by atoms with Crippen molar-refractivity contribution in [3.8, 4) is 17.2 Å². The second kappa shape index (κ2) is 9.08. The maximum atomic E-state index is 12.2. The number of esters is 1. The van der Waals surface area contributed by atoms with Gasteiger partial charge in [0.05, 0.1) is 20.3 Å². The highest BCUT2D eigenvalue weighted by Crippen LogP contribution is 2.30. The number of rotatable bonds is 8. The Balaban J connectivity index is 1.84. The number of carbonyl (C=O) groups is 1. The van der Waals surface area contributed by atoms with Crippen molar-refractivity contribution >= 4 is 17.9 Å². The highest BCUT2D eigenvalue weighted by molar-refractivity contribution is 6.12. The Kier molecular flexibility index (Phi) is 6.32. The van der Waals surface area contributed by atoms with E-state index in [-0.39, 0.29) is 11.6 Å². The minimum atomic E-state index is -0.490. The fraction of sp³-hybridized carbons (Fsp3) is 0.273. The smallest absolute Gasteiger partial charge is 0.363 e. The van der Waals surface area contributed by atoms with Crippen LogP contribution in [0.1, 0.15) is 31.4 Å². The molecule has 0 radical (unpaired) electrons. The molecule has 0 unspecified atom stereocenters. The highest BCUT2D eigenvalue weighted by Gasteiger charge is 2.24. The third kappa shape index (κ3) is 4.52. The predicted octanol–water partition coefficient (Wildman–Crippen LogP) is 4.23. The zero-order valence-corrected chi connectivity index (χ0v) is 16.2. The number of benzene rings is 2. The summed E-state index contributed by atoms with van der Waals surface area (Å²) in [6, 6.07) is 12.7. The summed E-state index contributed by atoms with van der Waals surface area (Å²) in [7, 11) is 1.59. The maximum Gasteiger partial charge on any atom is 0.363 e. The van der Waals surface area contributed by atoms with E-state index in [4.69, 9.17) is 18.9 Å². The summed E-state index contributed by atoms with van der Waals surface area (Å²) < 4.78 is 21.8. The lowest BCUT2D eigenvalue weighted by Crippen LogP contribution is -2.05. The van der Waals surface area contributed by atoms with Crippen LogP contribution in [0.5, 0.6) is 17.2 Å². The second-order valence-electron chi connectivity index (χ2n) is 6.05. The minimum absolute atomic E-state index is 0.232. The van der Waals surface area contributed by atoms with E-state index in [1.54, 1.807) is 19.3 Å². The van der Waals surface area contributed by atoms with Gasteiger partial charge in [0, 0.05) is 5.56 Å². The zero-order valence-electron chi connectivity index (χ0n) is 16.2. The topological polar surface area (TPSA) is 66.3 Å². The molecule has 0 aliphatic carbocycles. The van der Waals surface area contributed by atoms with E-state index < -0.39 is 5.97 Å². The van der Waals surface area contributed by atoms with Gasteiger partial charge in [-0.3, -0.25) is 0 Å². The van der Waals surface area contributed by atoms with E-state index in [1.165, 1.54) is 0 Å². The van der Waals surface area contributed by atoms with E-state index in [2.05, 4.69) is 4.99 Å². The van der Waals surface area contributed by atoms with Crippen LogP contribution in [0.4, 0.5) is 0 Å². The number of methoxy groups -OCH3 is 1. The molecule has 1 aliphatic rings. The molecule has 6 nitrogen and oxygen atoms in total. The third-order valence-corrected chi connectivity index (χ3v) is 3.99. The Morgan fingerprint density at radius 2 is 1.82 bits per heavy atom. The lowest BCUT2D eigenvalue weighted by Gasteiger charge is -2.10. The van der Waals surface area contributed by atoms with Gasteiger partial charge in [-0.1, -0.05) is 13.0 Å². The van der Waals surface area contributed by atoms with E-state index in [9.17, 15) is 4.79 Å². The highest BCUT2D eigenvalue weighted by atomic mass is 16.6. The molecule has 0 atom stereocenters. The summed E-state index contributed by atoms with van der Waals surface area (Å²) in [5, 5.41) is 0. The number of nitrogens with zero attached hydrogens (tertiary/aromatic N) is 1. The molecule has 2 aromatic carbocycles. The largest absolute Gasteiger partial charge is 0.494 e. The van der Waals surface area contributed by atoms with Crippen LogP contribution in [-0.2, 0) is 9.53 Å². The first-order valence-corrected chi connectivity index (χ1v) is 9.21. The van der Waals surface area contributed by atoms with Crippen molar-refractivity contribution in [3.05, 3.63) is 59.3 Å². The van der Waals surface area contributed by atoms with Gasteiger partial charge in [0.25, 0.3) is 0 Å². The average Bonchev–Trinajstić information content (AvgIpc) is 3.07. The number of aliphatic imine (C=N–C) groups is 1. The second-order valence-corrected chi connectivity index (χ2v) is 6.05. The van der Waals surface area contributed by atoms with Crippen LogP contribution in [0.2, 0.25) is 0 Å². The van der Waals surface area contributed by atoms with Gasteiger partial charge in [-0.15, -0.1) is 0 Å². The van der Waals surface area contributed by atoms with Crippen molar-refractivity contribution in [2.75, 3.05) is 20.3 Å². The predicted molar refractivity (Wildman–Crippen MR) is 107 cm³/mol. The van der Waals surface area contributed by atoms with Gasteiger partial charge in [0.1, 0.15) is 5.75 Å². The van der Waals surface area contributed by atoms with Crippen molar-refractivity contribution in [3.63, 3.8) is 0 Å². The van der Waals surface area contributed by atoms with Crippen LogP contribution < -0.4 is 14.2 Å². The Morgan fingerprint density at radius 1 is 1.04 bits per heavy atom. The number of hydrogen-bond donors (Lipinski definition) is 0. The molecule has 6 heteroatoms. The van der Waals surface area contributed by atoms with Crippen molar-refractivity contribution in [2.45, 2.75) is 20.3 Å². The van der Waals surface area contributed by atoms with Crippen LogP contribution in [0, 0.1) is 0 Å². The van der Waals surface area contributed by atoms with Gasteiger partial charge in [0.15, 0.2) is 17.2 Å². The Hall–Kier alpha value is -3.28. The quantitative estimate of drug-likeness (QED) is 0.506. The van der Waals surface area contributed by atoms with E-state index in [0.717, 1.165) is 17.7 Å². The fourth-order valence-electron chi connectivity index (χ4n) is 2.66. The van der Waals surface area contributed by atoms with Crippen LogP contribution in [-0.4, -0.2) is 32.2 Å². The lowest BCUT2D eigenvalue weighted by atomic mass is 10.1. The van der Waals surface area contributed by atoms with E-state index >= 15 is 0 Å². The van der Waals surface area contributed by atoms with Crippen LogP contribution >= 0.6 is 0 Å². The summed E-state index contributed by atoms with van der Waals surface area (Å²) in [5.74, 6) is 1.81. The summed E-state index contributed by atoms with van der Waals surface area (Å²) in [4.78, 5) is 16.6. The maximum absolute atomic E-state index is 12.2. The molecule has 28 heavy (non-hydrogen) atoms. The van der Waals surface area contributed by atoms with E-state index in [0.29, 0.717) is 30.3 Å². The van der Waals surface area contributed by atoms with Gasteiger partial charge >= 0.3 is 5.97 Å². The van der Waals surface area contributed by atoms with Crippen molar-refractivity contribution in [2.24, 2.45) is 4.99 Å². The first kappa shape index (κ1) is 19.5. The molecule has 0 amide bonds. The van der Waals surface area contributed by atoms with Gasteiger partial charge in [-0.05, 0) is 61.4 Å². The van der Waals surface area contributed by atoms with Crippen molar-refractivity contribution in [1.29, 1.82) is 0 Å². The molecule has 0 spiro atoms. The summed E-state index contributed by atoms with van der Waals surface area (Å²) in [6.45, 7) is 5.13. The van der Waals surface area contributed by atoms with Gasteiger partial charge in [-0.25, -0.2) is 9.79 Å². The lowest BCUT2D eigenvalue weighted by molar-refractivity contribution is -0.129. The van der Waals surface area contributed by atoms with Crippen LogP contribution in [0.15, 0.2) is 53.2 Å². The Bertz CT molecular complexity index is 900. The molecule has 3 rings (SSSR count). The summed E-state index contributed by atoms with van der Waals surface area (Å²) >= 11 is 0. The fourth-order valence-corrected chi connectivity index (χ4v) is 2.66. The summed E-state index contributed by atoms with van der Waals surface area (Å²) in [6.07, 6.45) is 2.55. The molecule has 0 aromatic heterocycles. The molecule has 2 aromatic rings. The van der Waals surface area contributed by atoms with Gasteiger partial charge < -0.3 is 18.9 Å². The molecule has 146 valence electrons. The number of carbonyl (C=O) groups excluding carboxylic acids is 1. The number of hydrogen-bond acceptors (Lipinski definition) is 6. The molecule has 0 fully saturated rings. The van der Waals surface area contributed by atoms with Crippen LogP contribution in [0.25, 0.3) is 6.08 Å². The molecule has 0 saturated carbocycles. The Morgan fingerprint density at radius 3 is 2.50 bits per heavy atom. The SMILES string of the molecule is CCCOc1cc(/C=C2\N=C(c3ccc(OCC)cc3)OC2=O)ccc1OC. The monoisotopic (exact) mass is 381 g/mol. The molecular formula is C22H23NO5. The normalized spacial score (nSPS) is 14.6. The van der Waals surface area contributed by atoms with Crippen molar-refractivity contribution in [1.82, 2.24) is 0 Å². The molecule has 0 N–H and O–H groups in total. The van der Waals surface area contributed by atoms with Gasteiger partial charge in [0.2, 0.25) is 5.90 Å². The standard InChI is InChI=1S/C22H23NO5/c1-4-12-27-20-14-15(6-11-19(20)25-3)13-18-22(24)28-21(23-18)16-7-9-17(10-8-16)26-5-2/h6-11,13-14H,4-5,12H2,1-3H3/b18-13-. The van der Waals surface area contributed by atoms with Crippen LogP contribution in [0.3, 0.4) is 0 Å². The number of cyclic esters (lactones) is 1. The number of ether oxygens (including phenoxy) is 4. The Labute approximate surface area is 164 Å². The minimum Gasteiger partial charge on any atom is -0.494 e. The van der Waals surface area contributed by atoms with Gasteiger partial charge in [-0.2, -0.15) is 0 Å². The zero-order chi connectivity index (χ0) is 19.9. The molecule has 0 saturated heterocycles. The summed E-state index contributed by atoms with van der Waals surface area (Å²) in [5.41, 5.74) is 1.72. The molecular weight excluding hydrogens is 358 g/mol. The third-order valence-electron chi connectivity index (χ3n) is 3.99. The molecule has 1 heterocycles. The first-order chi connectivity index (χ1) is 13.6. The first-order valence-electron chi connectivity index (χ1n) is 9.21. The average molecular weight is 381 g/mol. The van der Waals surface area contributed by atoms with E-state index in [1.807, 2.05) is 50.2 Å².